The zero-order valence-electron chi connectivity index (χ0n) is 9.94. The Kier molecular flexibility index (Phi) is 4.33. The molecule has 1 N–H and O–H groups in total. The van der Waals surface area contributed by atoms with Crippen LogP contribution in [0.5, 0.6) is 0 Å². The van der Waals surface area contributed by atoms with Gasteiger partial charge < -0.3 is 5.32 Å². The predicted molar refractivity (Wildman–Crippen MR) is 75.3 cm³/mol. The van der Waals surface area contributed by atoms with Crippen molar-refractivity contribution in [2.45, 2.75) is 19.8 Å². The van der Waals surface area contributed by atoms with E-state index in [1.807, 2.05) is 31.2 Å². The van der Waals surface area contributed by atoms with Gasteiger partial charge in [-0.3, -0.25) is 4.79 Å². The van der Waals surface area contributed by atoms with Crippen LogP contribution in [0, 0.1) is 0 Å². The van der Waals surface area contributed by atoms with Gasteiger partial charge in [-0.2, -0.15) is 0 Å². The van der Waals surface area contributed by atoms with E-state index >= 15 is 0 Å². The molecule has 0 fully saturated rings. The third-order valence-electron chi connectivity index (χ3n) is 2.44. The number of carbonyl (C=O) groups is 1. The van der Waals surface area contributed by atoms with Gasteiger partial charge in [-0.1, -0.05) is 36.7 Å². The van der Waals surface area contributed by atoms with Crippen LogP contribution in [0.15, 0.2) is 30.5 Å². The van der Waals surface area contributed by atoms with Crippen LogP contribution in [0.3, 0.4) is 0 Å². The van der Waals surface area contributed by atoms with Crippen LogP contribution in [0.25, 0.3) is 0 Å². The average Bonchev–Trinajstić information content (AvgIpc) is 2.79. The Balaban J connectivity index is 2.07. The normalized spacial score (nSPS) is 10.3. The van der Waals surface area contributed by atoms with Gasteiger partial charge in [0.05, 0.1) is 0 Å². The second-order valence-corrected chi connectivity index (χ2v) is 5.32. The summed E-state index contributed by atoms with van der Waals surface area (Å²) >= 11 is 7.58. The number of thiazole rings is 1. The number of rotatable bonds is 4. The van der Waals surface area contributed by atoms with E-state index in [2.05, 4.69) is 10.3 Å². The molecule has 0 unspecified atom stereocenters. The molecule has 0 radical (unpaired) electrons. The molecule has 0 aliphatic rings. The van der Waals surface area contributed by atoms with Crippen molar-refractivity contribution in [2.24, 2.45) is 0 Å². The fourth-order valence-corrected chi connectivity index (χ4v) is 2.54. The van der Waals surface area contributed by atoms with E-state index in [4.69, 9.17) is 11.6 Å². The Labute approximate surface area is 115 Å². The SMILES string of the molecule is CCC(=O)Nc1ncc(Cc2ccccc2Cl)s1. The van der Waals surface area contributed by atoms with E-state index in [0.717, 1.165) is 21.9 Å². The highest BCUT2D eigenvalue weighted by Crippen LogP contribution is 2.24. The van der Waals surface area contributed by atoms with Crippen molar-refractivity contribution < 1.29 is 4.79 Å². The lowest BCUT2D eigenvalue weighted by molar-refractivity contribution is -0.115. The van der Waals surface area contributed by atoms with E-state index in [9.17, 15) is 4.79 Å². The highest BCUT2D eigenvalue weighted by molar-refractivity contribution is 7.15. The van der Waals surface area contributed by atoms with Crippen LogP contribution in [0.2, 0.25) is 5.02 Å². The second-order valence-electron chi connectivity index (χ2n) is 3.80. The van der Waals surface area contributed by atoms with Gasteiger partial charge in [-0.15, -0.1) is 11.3 Å². The van der Waals surface area contributed by atoms with Crippen LogP contribution in [0.1, 0.15) is 23.8 Å². The van der Waals surface area contributed by atoms with Gasteiger partial charge >= 0.3 is 0 Å². The van der Waals surface area contributed by atoms with Crippen molar-refractivity contribution in [2.75, 3.05) is 5.32 Å². The highest BCUT2D eigenvalue weighted by Gasteiger charge is 2.07. The lowest BCUT2D eigenvalue weighted by Crippen LogP contribution is -2.08. The van der Waals surface area contributed by atoms with Crippen molar-refractivity contribution in [1.82, 2.24) is 4.98 Å². The molecule has 0 aliphatic carbocycles. The molecule has 0 aliphatic heterocycles. The van der Waals surface area contributed by atoms with Crippen molar-refractivity contribution in [3.05, 3.63) is 45.9 Å². The maximum absolute atomic E-state index is 11.2. The summed E-state index contributed by atoms with van der Waals surface area (Å²) in [6.07, 6.45) is 2.97. The highest BCUT2D eigenvalue weighted by atomic mass is 35.5. The largest absolute Gasteiger partial charge is 0.302 e. The molecule has 1 amide bonds. The summed E-state index contributed by atoms with van der Waals surface area (Å²) in [5, 5.41) is 4.15. The zero-order valence-corrected chi connectivity index (χ0v) is 11.5. The van der Waals surface area contributed by atoms with Gasteiger partial charge in [0.1, 0.15) is 0 Å². The lowest BCUT2D eigenvalue weighted by atomic mass is 10.1. The van der Waals surface area contributed by atoms with E-state index in [1.54, 1.807) is 6.20 Å². The van der Waals surface area contributed by atoms with Gasteiger partial charge in [0.25, 0.3) is 0 Å². The number of hydrogen-bond acceptors (Lipinski definition) is 3. The minimum Gasteiger partial charge on any atom is -0.302 e. The molecule has 1 aromatic heterocycles. The van der Waals surface area contributed by atoms with Gasteiger partial charge in [-0.05, 0) is 11.6 Å². The summed E-state index contributed by atoms with van der Waals surface area (Å²) in [4.78, 5) is 16.5. The number of halogens is 1. The van der Waals surface area contributed by atoms with Crippen molar-refractivity contribution in [1.29, 1.82) is 0 Å². The zero-order chi connectivity index (χ0) is 13.0. The molecule has 18 heavy (non-hydrogen) atoms. The van der Waals surface area contributed by atoms with Crippen LogP contribution < -0.4 is 5.32 Å². The maximum Gasteiger partial charge on any atom is 0.225 e. The minimum absolute atomic E-state index is 0.0198. The average molecular weight is 281 g/mol. The van der Waals surface area contributed by atoms with Crippen LogP contribution in [-0.2, 0) is 11.2 Å². The number of carbonyl (C=O) groups excluding carboxylic acids is 1. The van der Waals surface area contributed by atoms with Gasteiger partial charge in [0, 0.05) is 28.9 Å². The molecule has 5 heteroatoms. The Hall–Kier alpha value is -1.39. The number of hydrogen-bond donors (Lipinski definition) is 1. The number of anilines is 1. The molecule has 1 heterocycles. The van der Waals surface area contributed by atoms with Crippen LogP contribution >= 0.6 is 22.9 Å². The molecular weight excluding hydrogens is 268 g/mol. The standard InChI is InChI=1S/C13H13ClN2OS/c1-2-12(17)16-13-15-8-10(18-13)7-9-5-3-4-6-11(9)14/h3-6,8H,2,7H2,1H3,(H,15,16,17). The first-order valence-electron chi connectivity index (χ1n) is 5.67. The number of nitrogens with one attached hydrogen (secondary N) is 1. The Bertz CT molecular complexity index is 553. The van der Waals surface area contributed by atoms with Crippen molar-refractivity contribution in [3.8, 4) is 0 Å². The fraction of sp³-hybridized carbons (Fsp3) is 0.231. The first kappa shape index (κ1) is 13.1. The summed E-state index contributed by atoms with van der Waals surface area (Å²) in [6, 6.07) is 7.73. The third-order valence-corrected chi connectivity index (χ3v) is 3.73. The Morgan fingerprint density at radius 2 is 2.22 bits per heavy atom. The summed E-state index contributed by atoms with van der Waals surface area (Å²) in [6.45, 7) is 1.81. The Morgan fingerprint density at radius 1 is 1.44 bits per heavy atom. The molecule has 0 spiro atoms. The number of benzene rings is 1. The van der Waals surface area contributed by atoms with Gasteiger partial charge in [-0.25, -0.2) is 4.98 Å². The van der Waals surface area contributed by atoms with E-state index in [1.165, 1.54) is 11.3 Å². The monoisotopic (exact) mass is 280 g/mol. The quantitative estimate of drug-likeness (QED) is 0.927. The van der Waals surface area contributed by atoms with Crippen molar-refractivity contribution >= 4 is 34.0 Å². The van der Waals surface area contributed by atoms with Gasteiger partial charge in [0.15, 0.2) is 5.13 Å². The first-order chi connectivity index (χ1) is 8.69. The molecule has 0 atom stereocenters. The second kappa shape index (κ2) is 5.98. The summed E-state index contributed by atoms with van der Waals surface area (Å²) in [5.74, 6) is -0.0198. The summed E-state index contributed by atoms with van der Waals surface area (Å²) < 4.78 is 0. The van der Waals surface area contributed by atoms with Crippen LogP contribution in [-0.4, -0.2) is 10.9 Å². The topological polar surface area (TPSA) is 42.0 Å². The molecule has 1 aromatic carbocycles. The number of nitrogens with zero attached hydrogens (tertiary/aromatic N) is 1. The molecule has 3 nitrogen and oxygen atoms in total. The number of amides is 1. The van der Waals surface area contributed by atoms with Crippen molar-refractivity contribution in [3.63, 3.8) is 0 Å². The third kappa shape index (κ3) is 3.31. The van der Waals surface area contributed by atoms with Crippen LogP contribution in [0.4, 0.5) is 5.13 Å². The van der Waals surface area contributed by atoms with Gasteiger partial charge in [0.2, 0.25) is 5.91 Å². The molecule has 0 bridgehead atoms. The first-order valence-corrected chi connectivity index (χ1v) is 6.86. The molecular formula is C13H13ClN2OS. The maximum atomic E-state index is 11.2. The summed E-state index contributed by atoms with van der Waals surface area (Å²) in [5.41, 5.74) is 1.07. The predicted octanol–water partition coefficient (Wildman–Crippen LogP) is 3.74. The van der Waals surface area contributed by atoms with E-state index < -0.39 is 0 Å². The molecule has 0 saturated heterocycles. The Morgan fingerprint density at radius 3 is 2.94 bits per heavy atom. The smallest absolute Gasteiger partial charge is 0.225 e. The molecule has 2 rings (SSSR count). The number of aromatic nitrogens is 1. The molecule has 0 saturated carbocycles. The van der Waals surface area contributed by atoms with E-state index in [0.29, 0.717) is 11.6 Å². The lowest BCUT2D eigenvalue weighted by Gasteiger charge is -2.00. The minimum atomic E-state index is -0.0198. The molecule has 94 valence electrons. The molecule has 2 aromatic rings. The summed E-state index contributed by atoms with van der Waals surface area (Å²) in [7, 11) is 0. The van der Waals surface area contributed by atoms with E-state index in [-0.39, 0.29) is 5.91 Å². The fourth-order valence-electron chi connectivity index (χ4n) is 1.48.